The number of halogens is 10. The predicted octanol–water partition coefficient (Wildman–Crippen LogP) is 8.86. The summed E-state index contributed by atoms with van der Waals surface area (Å²) in [6.07, 6.45) is -7.17. The Balaban J connectivity index is 1.30. The van der Waals surface area contributed by atoms with E-state index in [-0.39, 0.29) is 49.5 Å². The Bertz CT molecular complexity index is 3010. The van der Waals surface area contributed by atoms with Crippen LogP contribution in [0.25, 0.3) is 27.6 Å². The fraction of sp³-hybridized carbons (Fsp3) is 0.308. The molecule has 0 radical (unpaired) electrons. The molecule has 0 saturated carbocycles. The van der Waals surface area contributed by atoms with Gasteiger partial charge in [0, 0.05) is 48.7 Å². The Morgan fingerprint density at radius 3 is 2.48 bits per heavy atom. The van der Waals surface area contributed by atoms with Crippen molar-refractivity contribution in [1.82, 2.24) is 44.4 Å². The molecule has 8 rings (SSSR count). The van der Waals surface area contributed by atoms with Crippen LogP contribution < -0.4 is 20.3 Å². The summed E-state index contributed by atoms with van der Waals surface area (Å²) in [5, 5.41) is 11.9. The maximum absolute atomic E-state index is 15.5. The highest BCUT2D eigenvalue weighted by Gasteiger charge is 2.51. The first-order chi connectivity index (χ1) is 30.2. The lowest BCUT2D eigenvalue weighted by molar-refractivity contribution is -0.140. The zero-order chi connectivity index (χ0) is 46.0. The van der Waals surface area contributed by atoms with Crippen molar-refractivity contribution >= 4 is 68.5 Å². The van der Waals surface area contributed by atoms with Gasteiger partial charge in [-0.2, -0.15) is 37.1 Å². The fourth-order valence-electron chi connectivity index (χ4n) is 7.56. The number of hydrogen-bond donors (Lipinski definition) is 2. The quantitative estimate of drug-likeness (QED) is 0.0849. The normalized spacial score (nSPS) is 15.3. The molecule has 2 N–H and O–H groups in total. The number of hydrogen-bond acceptors (Lipinski definition) is 11. The average Bonchev–Trinajstić information content (AvgIpc) is 3.97. The van der Waals surface area contributed by atoms with Gasteiger partial charge >= 0.3 is 6.18 Å². The van der Waals surface area contributed by atoms with Gasteiger partial charge in [0.1, 0.15) is 47.0 Å². The van der Waals surface area contributed by atoms with Crippen molar-refractivity contribution in [3.8, 4) is 11.6 Å². The van der Waals surface area contributed by atoms with Crippen LogP contribution in [0.4, 0.5) is 45.3 Å². The summed E-state index contributed by atoms with van der Waals surface area (Å²) in [5.74, 6) is -8.44. The van der Waals surface area contributed by atoms with Crippen molar-refractivity contribution < 1.29 is 49.0 Å². The van der Waals surface area contributed by atoms with Crippen LogP contribution in [0.5, 0.6) is 5.88 Å². The summed E-state index contributed by atoms with van der Waals surface area (Å²) in [4.78, 5) is 41.5. The Morgan fingerprint density at radius 1 is 1.08 bits per heavy atom. The van der Waals surface area contributed by atoms with Gasteiger partial charge < -0.3 is 14.8 Å². The highest BCUT2D eigenvalue weighted by Crippen LogP contribution is 2.48. The third kappa shape index (κ3) is 8.32. The van der Waals surface area contributed by atoms with Gasteiger partial charge in [-0.3, -0.25) is 23.5 Å². The zero-order valence-electron chi connectivity index (χ0n) is 33.1. The van der Waals surface area contributed by atoms with Crippen LogP contribution >= 0.6 is 34.9 Å². The number of carbonyl (C=O) groups is 1. The van der Waals surface area contributed by atoms with Gasteiger partial charge in [-0.25, -0.2) is 27.5 Å². The molecule has 25 heteroatoms. The lowest BCUT2D eigenvalue weighted by atomic mass is 10.0. The van der Waals surface area contributed by atoms with Crippen molar-refractivity contribution in [3.63, 3.8) is 0 Å². The van der Waals surface area contributed by atoms with Crippen LogP contribution in [0.2, 0.25) is 5.02 Å². The number of aromatic nitrogens is 8. The van der Waals surface area contributed by atoms with Gasteiger partial charge in [-0.1, -0.05) is 30.5 Å². The van der Waals surface area contributed by atoms with Crippen molar-refractivity contribution in [2.24, 2.45) is 13.0 Å². The molecule has 0 saturated heterocycles. The number of alkyl halides is 7. The van der Waals surface area contributed by atoms with E-state index in [1.165, 1.54) is 47.8 Å². The molecule has 2 atom stereocenters. The highest BCUT2D eigenvalue weighted by atomic mass is 35.5. The first kappa shape index (κ1) is 44.7. The summed E-state index contributed by atoms with van der Waals surface area (Å²) < 4.78 is 140. The van der Waals surface area contributed by atoms with Gasteiger partial charge in [0.05, 0.1) is 33.0 Å². The number of carbonyl (C=O) groups excluding carboxylic acids is 1. The van der Waals surface area contributed by atoms with Crippen LogP contribution in [-0.2, 0) is 49.9 Å². The molecule has 336 valence electrons. The minimum atomic E-state index is -4.70. The van der Waals surface area contributed by atoms with Crippen molar-refractivity contribution in [2.45, 2.75) is 57.5 Å². The predicted molar refractivity (Wildman–Crippen MR) is 218 cm³/mol. The Hall–Kier alpha value is -5.88. The molecule has 2 aromatic carbocycles. The largest absolute Gasteiger partial charge is 0.470 e. The number of nitrogens with one attached hydrogen (secondary N) is 2. The van der Waals surface area contributed by atoms with Crippen LogP contribution in [0, 0.1) is 17.6 Å². The van der Waals surface area contributed by atoms with E-state index in [1.807, 2.05) is 0 Å². The van der Waals surface area contributed by atoms with Gasteiger partial charge in [0.15, 0.2) is 17.2 Å². The van der Waals surface area contributed by atoms with E-state index in [0.29, 0.717) is 33.3 Å². The Labute approximate surface area is 367 Å². The Morgan fingerprint density at radius 2 is 1.81 bits per heavy atom. The SMILES string of the molecule is CSNc1nn(C)c2c(-n3c(C(Cc4cc(F)cc(F)c4)NC(=O)Cn4nc(C(F)F)c5c4C(F)(F)C(C)C5)nc4nc(OCc5nc(C(F)(F)F)cs5)ccc4c3=O)ccc(Cl)c12. The molecule has 5 heterocycles. The van der Waals surface area contributed by atoms with E-state index >= 15 is 8.78 Å². The van der Waals surface area contributed by atoms with Crippen LogP contribution in [-0.4, -0.2) is 51.2 Å². The van der Waals surface area contributed by atoms with Gasteiger partial charge in [0.25, 0.3) is 17.9 Å². The van der Waals surface area contributed by atoms with E-state index in [4.69, 9.17) is 16.3 Å². The minimum absolute atomic E-state index is 0.0580. The summed E-state index contributed by atoms with van der Waals surface area (Å²) in [6, 6.07) is 6.34. The summed E-state index contributed by atoms with van der Waals surface area (Å²) in [5.41, 5.74) is -4.21. The molecule has 0 fully saturated rings. The number of aryl methyl sites for hydroxylation is 1. The monoisotopic (exact) mass is 956 g/mol. The zero-order valence-corrected chi connectivity index (χ0v) is 35.5. The molecule has 0 spiro atoms. The van der Waals surface area contributed by atoms with Crippen molar-refractivity contribution in [3.05, 3.63) is 114 Å². The molecular formula is C39H30ClF9N10O3S2. The third-order valence-corrected chi connectivity index (χ3v) is 11.8. The first-order valence-corrected chi connectivity index (χ1v) is 21.3. The number of pyridine rings is 1. The van der Waals surface area contributed by atoms with Crippen LogP contribution in [0.3, 0.4) is 0 Å². The lowest BCUT2D eigenvalue weighted by Gasteiger charge is -2.24. The standard InChI is InChI=1S/C39H30ClF9N10O3S2/c1-16-8-21-30(33(43)44)54-58(32(21)38(16,45)46)13-26(60)50-23(11-17-9-18(41)12-19(42)10-17)36-53-34-20(4-7-27(52-34)62-14-28-51-25(15-64-28)39(47,48)49)37(61)59(36)24-6-5-22(40)29-31(24)57(2)55-35(29)56-63-3/h4-7,9-10,12,15-16,23,33H,8,11,13-14H2,1-3H3,(H,50,60)(H,55,56). The van der Waals surface area contributed by atoms with Crippen molar-refractivity contribution in [1.29, 1.82) is 0 Å². The summed E-state index contributed by atoms with van der Waals surface area (Å²) in [7, 11) is 1.56. The van der Waals surface area contributed by atoms with E-state index in [9.17, 15) is 40.3 Å². The molecule has 1 aliphatic carbocycles. The molecule has 13 nitrogen and oxygen atoms in total. The smallest absolute Gasteiger partial charge is 0.434 e. The number of ether oxygens (including phenoxy) is 1. The van der Waals surface area contributed by atoms with Crippen molar-refractivity contribution in [2.75, 3.05) is 11.0 Å². The molecule has 2 unspecified atom stereocenters. The average molecular weight is 957 g/mol. The summed E-state index contributed by atoms with van der Waals surface area (Å²) in [6.45, 7) is -0.338. The van der Waals surface area contributed by atoms with Gasteiger partial charge in [-0.05, 0) is 42.3 Å². The van der Waals surface area contributed by atoms with Gasteiger partial charge in [0.2, 0.25) is 11.8 Å². The van der Waals surface area contributed by atoms with Crippen LogP contribution in [0.15, 0.2) is 52.6 Å². The second-order valence-electron chi connectivity index (χ2n) is 14.6. The maximum atomic E-state index is 15.5. The third-order valence-electron chi connectivity index (χ3n) is 10.3. The molecule has 0 aliphatic heterocycles. The number of nitrogens with zero attached hydrogens (tertiary/aromatic N) is 8. The number of amides is 1. The molecule has 0 bridgehead atoms. The fourth-order valence-corrected chi connectivity index (χ4v) is 8.85. The van der Waals surface area contributed by atoms with Gasteiger partial charge in [-0.15, -0.1) is 11.3 Å². The second kappa shape index (κ2) is 16.9. The topological polar surface area (TPSA) is 147 Å². The van der Waals surface area contributed by atoms with E-state index < -0.39 is 102 Å². The maximum Gasteiger partial charge on any atom is 0.434 e. The number of fused-ring (bicyclic) bond motifs is 3. The molecular weight excluding hydrogens is 927 g/mol. The molecule has 64 heavy (non-hydrogen) atoms. The lowest BCUT2D eigenvalue weighted by Crippen LogP contribution is -2.38. The minimum Gasteiger partial charge on any atom is -0.470 e. The van der Waals surface area contributed by atoms with E-state index in [2.05, 4.69) is 35.2 Å². The molecule has 1 amide bonds. The second-order valence-corrected chi connectivity index (χ2v) is 16.6. The Kier molecular flexibility index (Phi) is 11.8. The number of anilines is 1. The summed E-state index contributed by atoms with van der Waals surface area (Å²) >= 11 is 8.54. The molecule has 5 aromatic heterocycles. The molecule has 1 aliphatic rings. The number of rotatable bonds is 13. The van der Waals surface area contributed by atoms with Crippen LogP contribution in [0.1, 0.15) is 58.4 Å². The number of thiazole rings is 1. The molecule has 7 aromatic rings. The van der Waals surface area contributed by atoms with E-state index in [1.54, 1.807) is 13.3 Å². The van der Waals surface area contributed by atoms with E-state index in [0.717, 1.165) is 22.1 Å². The number of benzene rings is 2. The first-order valence-electron chi connectivity index (χ1n) is 18.8. The highest BCUT2D eigenvalue weighted by molar-refractivity contribution is 7.99.